The van der Waals surface area contributed by atoms with Gasteiger partial charge in [-0.1, -0.05) is 12.1 Å². The first-order chi connectivity index (χ1) is 13.8. The maximum atomic E-state index is 12.2. The predicted molar refractivity (Wildman–Crippen MR) is 107 cm³/mol. The van der Waals surface area contributed by atoms with Crippen molar-refractivity contribution in [3.8, 4) is 0 Å². The van der Waals surface area contributed by atoms with Gasteiger partial charge >= 0.3 is 0 Å². The number of imidazole rings is 1. The number of thiazole rings is 1. The Morgan fingerprint density at radius 2 is 2.04 bits per heavy atom. The van der Waals surface area contributed by atoms with Crippen LogP contribution in [0.5, 0.6) is 0 Å². The van der Waals surface area contributed by atoms with E-state index in [1.54, 1.807) is 17.6 Å². The SMILES string of the molecule is O=C(NCc1cccnn1)c1csc(CCNCc2nc3ccccc3[nH]2)n1. The fraction of sp³-hybridized carbons (Fsp3) is 0.211. The molecule has 142 valence electrons. The van der Waals surface area contributed by atoms with Gasteiger partial charge in [0.25, 0.3) is 5.91 Å². The number of aromatic nitrogens is 5. The lowest BCUT2D eigenvalue weighted by Crippen LogP contribution is -2.24. The third kappa shape index (κ3) is 4.56. The van der Waals surface area contributed by atoms with E-state index < -0.39 is 0 Å². The van der Waals surface area contributed by atoms with Crippen molar-refractivity contribution in [3.63, 3.8) is 0 Å². The second-order valence-electron chi connectivity index (χ2n) is 6.15. The van der Waals surface area contributed by atoms with Crippen molar-refractivity contribution in [2.24, 2.45) is 0 Å². The maximum absolute atomic E-state index is 12.2. The van der Waals surface area contributed by atoms with Crippen molar-refractivity contribution >= 4 is 28.3 Å². The molecular formula is C19H19N7OS. The Balaban J connectivity index is 1.22. The number of rotatable bonds is 8. The highest BCUT2D eigenvalue weighted by molar-refractivity contribution is 7.09. The molecule has 0 fully saturated rings. The number of amides is 1. The average Bonchev–Trinajstić information content (AvgIpc) is 3.37. The van der Waals surface area contributed by atoms with Crippen LogP contribution in [0.3, 0.4) is 0 Å². The van der Waals surface area contributed by atoms with E-state index in [0.717, 1.165) is 34.8 Å². The fourth-order valence-corrected chi connectivity index (χ4v) is 3.49. The molecule has 0 saturated heterocycles. The minimum absolute atomic E-state index is 0.205. The topological polar surface area (TPSA) is 108 Å². The molecule has 28 heavy (non-hydrogen) atoms. The largest absolute Gasteiger partial charge is 0.345 e. The molecule has 8 nitrogen and oxygen atoms in total. The van der Waals surface area contributed by atoms with Gasteiger partial charge in [-0.05, 0) is 24.3 Å². The lowest BCUT2D eigenvalue weighted by molar-refractivity contribution is 0.0946. The molecule has 1 aromatic carbocycles. The van der Waals surface area contributed by atoms with Gasteiger partial charge in [-0.25, -0.2) is 9.97 Å². The molecule has 0 saturated carbocycles. The van der Waals surface area contributed by atoms with Gasteiger partial charge in [0, 0.05) is 24.5 Å². The molecule has 0 aliphatic carbocycles. The Hall–Kier alpha value is -3.17. The van der Waals surface area contributed by atoms with E-state index >= 15 is 0 Å². The summed E-state index contributed by atoms with van der Waals surface area (Å²) in [6, 6.07) is 11.6. The van der Waals surface area contributed by atoms with Crippen LogP contribution >= 0.6 is 11.3 Å². The van der Waals surface area contributed by atoms with Crippen LogP contribution in [0.15, 0.2) is 48.0 Å². The van der Waals surface area contributed by atoms with Crippen LogP contribution < -0.4 is 10.6 Å². The van der Waals surface area contributed by atoms with Gasteiger partial charge in [0.05, 0.1) is 34.8 Å². The molecule has 0 atom stereocenters. The summed E-state index contributed by atoms with van der Waals surface area (Å²) in [7, 11) is 0. The molecule has 0 radical (unpaired) electrons. The Morgan fingerprint density at radius 3 is 2.89 bits per heavy atom. The van der Waals surface area contributed by atoms with E-state index in [-0.39, 0.29) is 5.91 Å². The van der Waals surface area contributed by atoms with Crippen LogP contribution in [-0.4, -0.2) is 37.6 Å². The number of carbonyl (C=O) groups is 1. The lowest BCUT2D eigenvalue weighted by Gasteiger charge is -2.02. The summed E-state index contributed by atoms with van der Waals surface area (Å²) < 4.78 is 0. The monoisotopic (exact) mass is 393 g/mol. The quantitative estimate of drug-likeness (QED) is 0.396. The van der Waals surface area contributed by atoms with Crippen LogP contribution in [-0.2, 0) is 19.5 Å². The summed E-state index contributed by atoms with van der Waals surface area (Å²) in [5.41, 5.74) is 3.15. The molecule has 1 amide bonds. The van der Waals surface area contributed by atoms with Crippen LogP contribution in [0.25, 0.3) is 11.0 Å². The number of benzene rings is 1. The van der Waals surface area contributed by atoms with Gasteiger partial charge < -0.3 is 15.6 Å². The van der Waals surface area contributed by atoms with Gasteiger partial charge in [0.15, 0.2) is 0 Å². The smallest absolute Gasteiger partial charge is 0.271 e. The van der Waals surface area contributed by atoms with Crippen molar-refractivity contribution in [3.05, 3.63) is 70.2 Å². The van der Waals surface area contributed by atoms with Gasteiger partial charge in [0.1, 0.15) is 11.5 Å². The number of para-hydroxylation sites is 2. The molecule has 0 unspecified atom stereocenters. The van der Waals surface area contributed by atoms with Crippen molar-refractivity contribution in [2.75, 3.05) is 6.54 Å². The number of hydrogen-bond acceptors (Lipinski definition) is 7. The number of fused-ring (bicyclic) bond motifs is 1. The predicted octanol–water partition coefficient (Wildman–Crippen LogP) is 2.07. The molecule has 9 heteroatoms. The Bertz CT molecular complexity index is 1030. The molecule has 3 aromatic heterocycles. The first kappa shape index (κ1) is 18.2. The first-order valence-electron chi connectivity index (χ1n) is 8.91. The molecule has 0 aliphatic rings. The van der Waals surface area contributed by atoms with Crippen molar-refractivity contribution in [1.29, 1.82) is 0 Å². The summed E-state index contributed by atoms with van der Waals surface area (Å²) in [6.07, 6.45) is 2.35. The third-order valence-electron chi connectivity index (χ3n) is 4.09. The zero-order valence-corrected chi connectivity index (χ0v) is 15.9. The molecular weight excluding hydrogens is 374 g/mol. The molecule has 3 N–H and O–H groups in total. The summed E-state index contributed by atoms with van der Waals surface area (Å²) in [4.78, 5) is 24.4. The van der Waals surface area contributed by atoms with E-state index in [1.165, 1.54) is 11.3 Å². The Labute approximate surface area is 165 Å². The average molecular weight is 393 g/mol. The Kier molecular flexibility index (Phi) is 5.64. The number of nitrogens with zero attached hydrogens (tertiary/aromatic N) is 4. The minimum Gasteiger partial charge on any atom is -0.345 e. The van der Waals surface area contributed by atoms with Crippen LogP contribution in [0.4, 0.5) is 0 Å². The third-order valence-corrected chi connectivity index (χ3v) is 5.00. The molecule has 4 aromatic rings. The number of aromatic amines is 1. The van der Waals surface area contributed by atoms with Crippen LogP contribution in [0.2, 0.25) is 0 Å². The van der Waals surface area contributed by atoms with E-state index in [2.05, 4.69) is 35.8 Å². The van der Waals surface area contributed by atoms with Crippen LogP contribution in [0.1, 0.15) is 27.0 Å². The number of nitrogens with one attached hydrogen (secondary N) is 3. The van der Waals surface area contributed by atoms with E-state index in [9.17, 15) is 4.79 Å². The zero-order chi connectivity index (χ0) is 19.2. The standard InChI is InChI=1S/C19H19N7OS/c27-19(21-10-13-4-3-8-22-26-13)16-12-28-18(25-16)7-9-20-11-17-23-14-5-1-2-6-15(14)24-17/h1-6,8,12,20H,7,9-11H2,(H,21,27)(H,23,24). The summed E-state index contributed by atoms with van der Waals surface area (Å²) in [6.45, 7) is 1.75. The molecule has 0 bridgehead atoms. The summed E-state index contributed by atoms with van der Waals surface area (Å²) in [5.74, 6) is 0.702. The van der Waals surface area contributed by atoms with Crippen molar-refractivity contribution in [2.45, 2.75) is 19.5 Å². The van der Waals surface area contributed by atoms with Gasteiger partial charge in [0.2, 0.25) is 0 Å². The second-order valence-corrected chi connectivity index (χ2v) is 7.09. The highest BCUT2D eigenvalue weighted by Crippen LogP contribution is 2.11. The Morgan fingerprint density at radius 1 is 1.11 bits per heavy atom. The highest BCUT2D eigenvalue weighted by Gasteiger charge is 2.11. The summed E-state index contributed by atoms with van der Waals surface area (Å²) in [5, 5.41) is 16.6. The number of hydrogen-bond donors (Lipinski definition) is 3. The van der Waals surface area contributed by atoms with Gasteiger partial charge in [-0.3, -0.25) is 4.79 Å². The molecule has 3 heterocycles. The maximum Gasteiger partial charge on any atom is 0.271 e. The van der Waals surface area contributed by atoms with E-state index in [1.807, 2.05) is 30.3 Å². The highest BCUT2D eigenvalue weighted by atomic mass is 32.1. The normalized spacial score (nSPS) is 11.0. The molecule has 4 rings (SSSR count). The number of carbonyl (C=O) groups excluding carboxylic acids is 1. The van der Waals surface area contributed by atoms with Crippen molar-refractivity contribution < 1.29 is 4.79 Å². The lowest BCUT2D eigenvalue weighted by atomic mass is 10.3. The molecule has 0 spiro atoms. The van der Waals surface area contributed by atoms with E-state index in [4.69, 9.17) is 0 Å². The van der Waals surface area contributed by atoms with Crippen LogP contribution in [0, 0.1) is 0 Å². The number of H-pyrrole nitrogens is 1. The van der Waals surface area contributed by atoms with Crippen molar-refractivity contribution in [1.82, 2.24) is 35.8 Å². The first-order valence-corrected chi connectivity index (χ1v) is 9.79. The fourth-order valence-electron chi connectivity index (χ4n) is 2.71. The van der Waals surface area contributed by atoms with Gasteiger partial charge in [-0.2, -0.15) is 10.2 Å². The van der Waals surface area contributed by atoms with Gasteiger partial charge in [-0.15, -0.1) is 11.3 Å². The van der Waals surface area contributed by atoms with E-state index in [0.29, 0.717) is 24.5 Å². The zero-order valence-electron chi connectivity index (χ0n) is 15.1. The second kappa shape index (κ2) is 8.68. The molecule has 0 aliphatic heterocycles. The summed E-state index contributed by atoms with van der Waals surface area (Å²) >= 11 is 1.49. The minimum atomic E-state index is -0.205.